The summed E-state index contributed by atoms with van der Waals surface area (Å²) in [5, 5.41) is 17.4. The number of nitrogens with one attached hydrogen (secondary N) is 3. The minimum absolute atomic E-state index is 0.120. The summed E-state index contributed by atoms with van der Waals surface area (Å²) in [5.41, 5.74) is 12.6. The molecule has 0 bridgehead atoms. The van der Waals surface area contributed by atoms with Crippen molar-refractivity contribution >= 4 is 29.4 Å². The first-order chi connectivity index (χ1) is 22.6. The highest BCUT2D eigenvalue weighted by molar-refractivity contribution is 5.88. The van der Waals surface area contributed by atoms with Crippen LogP contribution in [0.25, 0.3) is 0 Å². The topological polar surface area (TPSA) is 234 Å². The van der Waals surface area contributed by atoms with Gasteiger partial charge in [0.1, 0.15) is 19.0 Å². The van der Waals surface area contributed by atoms with Gasteiger partial charge in [0.15, 0.2) is 5.78 Å². The smallest absolute Gasteiger partial charge is 0.246 e. The van der Waals surface area contributed by atoms with Gasteiger partial charge in [0, 0.05) is 26.1 Å². The maximum Gasteiger partial charge on any atom is 0.246 e. The van der Waals surface area contributed by atoms with Crippen LogP contribution >= 0.6 is 0 Å². The molecule has 1 aliphatic heterocycles. The SMILES string of the molecule is CC(=O)[C@H](Cc1ccc(O)cc1)NC(=O)COCCOCCNC(=O)COCCOCCNC(=O)CC[C@H](N)C(=O)N1CCC[C@H]1N. The van der Waals surface area contributed by atoms with E-state index in [9.17, 15) is 29.1 Å². The zero-order chi connectivity index (χ0) is 34.4. The largest absolute Gasteiger partial charge is 0.508 e. The fourth-order valence-electron chi connectivity index (χ4n) is 4.52. The average molecular weight is 667 g/mol. The number of Topliss-reactive ketones (excluding diaryl/α,β-unsaturated/α-hetero) is 1. The van der Waals surface area contributed by atoms with E-state index in [1.54, 1.807) is 17.0 Å². The number of carbonyl (C=O) groups is 5. The van der Waals surface area contributed by atoms with E-state index in [1.165, 1.54) is 19.1 Å². The molecule has 2 rings (SSSR count). The zero-order valence-corrected chi connectivity index (χ0v) is 27.1. The molecule has 47 heavy (non-hydrogen) atoms. The maximum atomic E-state index is 12.3. The van der Waals surface area contributed by atoms with Crippen LogP contribution in [0.3, 0.4) is 0 Å². The van der Waals surface area contributed by atoms with Crippen molar-refractivity contribution in [2.24, 2.45) is 11.5 Å². The summed E-state index contributed by atoms with van der Waals surface area (Å²) in [6.07, 6.45) is 1.98. The van der Waals surface area contributed by atoms with E-state index in [1.807, 2.05) is 0 Å². The molecule has 0 unspecified atom stereocenters. The molecule has 1 aromatic carbocycles. The fourth-order valence-corrected chi connectivity index (χ4v) is 4.52. The molecule has 16 heteroatoms. The summed E-state index contributed by atoms with van der Waals surface area (Å²) in [6.45, 7) is 3.48. The van der Waals surface area contributed by atoms with Crippen LogP contribution in [0.5, 0.6) is 5.75 Å². The number of benzene rings is 1. The van der Waals surface area contributed by atoms with Crippen molar-refractivity contribution in [3.05, 3.63) is 29.8 Å². The lowest BCUT2D eigenvalue weighted by molar-refractivity contribution is -0.133. The van der Waals surface area contributed by atoms with Crippen molar-refractivity contribution in [3.63, 3.8) is 0 Å². The number of aromatic hydroxyl groups is 1. The number of likely N-dealkylation sites (tertiary alicyclic amines) is 1. The first kappa shape index (κ1) is 39.5. The Labute approximate surface area is 275 Å². The highest BCUT2D eigenvalue weighted by Gasteiger charge is 2.29. The van der Waals surface area contributed by atoms with E-state index in [0.29, 0.717) is 19.5 Å². The summed E-state index contributed by atoms with van der Waals surface area (Å²) >= 11 is 0. The van der Waals surface area contributed by atoms with E-state index >= 15 is 0 Å². The van der Waals surface area contributed by atoms with Crippen LogP contribution in [0.2, 0.25) is 0 Å². The number of hydrogen-bond acceptors (Lipinski definition) is 12. The van der Waals surface area contributed by atoms with Crippen molar-refractivity contribution in [2.75, 3.05) is 72.5 Å². The van der Waals surface area contributed by atoms with Gasteiger partial charge in [-0.25, -0.2) is 0 Å². The number of ether oxygens (including phenoxy) is 4. The Balaban J connectivity index is 1.37. The molecule has 3 atom stereocenters. The highest BCUT2D eigenvalue weighted by Crippen LogP contribution is 2.15. The molecule has 4 amide bonds. The Bertz CT molecular complexity index is 1120. The zero-order valence-electron chi connectivity index (χ0n) is 27.1. The number of hydrogen-bond donors (Lipinski definition) is 6. The first-order valence-corrected chi connectivity index (χ1v) is 15.8. The van der Waals surface area contributed by atoms with Gasteiger partial charge in [-0.3, -0.25) is 24.0 Å². The second kappa shape index (κ2) is 22.8. The molecule has 0 radical (unpaired) electrons. The second-order valence-corrected chi connectivity index (χ2v) is 11.0. The molecule has 16 nitrogen and oxygen atoms in total. The van der Waals surface area contributed by atoms with Gasteiger partial charge in [-0.2, -0.15) is 0 Å². The standard InChI is InChI=1S/C31H50N6O10/c1-22(38)26(19-23-4-6-24(39)7-5-23)36-30(42)21-47-18-16-45-14-11-35-29(41)20-46-17-15-44-13-10-34-28(40)9-8-25(32)31(43)37-12-2-3-27(37)33/h4-7,25-27,39H,2-3,8-21,32-33H2,1H3,(H,34,40)(H,35,41)(H,36,42)/t25-,26-,27-/m0/s1. The number of nitrogens with two attached hydrogens (primary N) is 2. The number of phenols is 1. The lowest BCUT2D eigenvalue weighted by Crippen LogP contribution is -2.49. The van der Waals surface area contributed by atoms with E-state index in [0.717, 1.165) is 18.4 Å². The molecule has 264 valence electrons. The second-order valence-electron chi connectivity index (χ2n) is 11.0. The van der Waals surface area contributed by atoms with Crippen molar-refractivity contribution in [1.29, 1.82) is 0 Å². The van der Waals surface area contributed by atoms with Gasteiger partial charge >= 0.3 is 0 Å². The molecule has 1 aliphatic rings. The number of carbonyl (C=O) groups excluding carboxylic acids is 5. The van der Waals surface area contributed by atoms with Gasteiger partial charge in [-0.05, 0) is 50.3 Å². The van der Waals surface area contributed by atoms with E-state index in [-0.39, 0.29) is 108 Å². The van der Waals surface area contributed by atoms with E-state index < -0.39 is 18.0 Å². The number of phenolic OH excluding ortho intramolecular Hbond substituents is 1. The first-order valence-electron chi connectivity index (χ1n) is 15.8. The third kappa shape index (κ3) is 17.2. The van der Waals surface area contributed by atoms with E-state index in [2.05, 4.69) is 16.0 Å². The number of rotatable bonds is 24. The van der Waals surface area contributed by atoms with Gasteiger partial charge < -0.3 is 56.4 Å². The van der Waals surface area contributed by atoms with Crippen molar-refractivity contribution in [3.8, 4) is 5.75 Å². The number of nitrogens with zero attached hydrogens (tertiary/aromatic N) is 1. The van der Waals surface area contributed by atoms with Crippen LogP contribution in [0.4, 0.5) is 0 Å². The Morgan fingerprint density at radius 3 is 2.02 bits per heavy atom. The third-order valence-corrected chi connectivity index (χ3v) is 7.13. The van der Waals surface area contributed by atoms with Crippen molar-refractivity contribution in [2.45, 2.75) is 57.3 Å². The molecular formula is C31H50N6O10. The number of ketones is 1. The quantitative estimate of drug-likeness (QED) is 0.0680. The number of amides is 4. The molecule has 1 saturated heterocycles. The van der Waals surface area contributed by atoms with Gasteiger partial charge in [0.25, 0.3) is 0 Å². The van der Waals surface area contributed by atoms with Crippen LogP contribution < -0.4 is 27.4 Å². The summed E-state index contributed by atoms with van der Waals surface area (Å²) < 4.78 is 21.3. The Morgan fingerprint density at radius 1 is 0.872 bits per heavy atom. The van der Waals surface area contributed by atoms with Crippen molar-refractivity contribution < 1.29 is 48.0 Å². The normalized spacial score (nSPS) is 15.6. The molecule has 8 N–H and O–H groups in total. The molecule has 1 aromatic rings. The van der Waals surface area contributed by atoms with E-state index in [4.69, 9.17) is 30.4 Å². The van der Waals surface area contributed by atoms with Crippen LogP contribution in [-0.2, 0) is 49.3 Å². The van der Waals surface area contributed by atoms with Crippen LogP contribution in [0.15, 0.2) is 24.3 Å². The van der Waals surface area contributed by atoms with Gasteiger partial charge in [-0.15, -0.1) is 0 Å². The summed E-state index contributed by atoms with van der Waals surface area (Å²) in [4.78, 5) is 61.7. The monoisotopic (exact) mass is 666 g/mol. The minimum Gasteiger partial charge on any atom is -0.508 e. The third-order valence-electron chi connectivity index (χ3n) is 7.13. The Morgan fingerprint density at radius 2 is 1.45 bits per heavy atom. The molecule has 0 aromatic heterocycles. The van der Waals surface area contributed by atoms with Crippen LogP contribution in [0, 0.1) is 0 Å². The lowest BCUT2D eigenvalue weighted by atomic mass is 10.0. The maximum absolute atomic E-state index is 12.3. The lowest BCUT2D eigenvalue weighted by Gasteiger charge is -2.24. The fraction of sp³-hybridized carbons (Fsp3) is 0.645. The Hall–Kier alpha value is -3.67. The predicted octanol–water partition coefficient (Wildman–Crippen LogP) is -1.68. The average Bonchev–Trinajstić information content (AvgIpc) is 3.48. The molecule has 0 spiro atoms. The molecular weight excluding hydrogens is 616 g/mol. The van der Waals surface area contributed by atoms with Crippen LogP contribution in [0.1, 0.15) is 38.2 Å². The van der Waals surface area contributed by atoms with Crippen LogP contribution in [-0.4, -0.2) is 130 Å². The van der Waals surface area contributed by atoms with Gasteiger partial charge in [0.2, 0.25) is 23.6 Å². The van der Waals surface area contributed by atoms with Crippen molar-refractivity contribution in [1.82, 2.24) is 20.9 Å². The predicted molar refractivity (Wildman–Crippen MR) is 170 cm³/mol. The summed E-state index contributed by atoms with van der Waals surface area (Å²) in [7, 11) is 0. The van der Waals surface area contributed by atoms with Gasteiger partial charge in [-0.1, -0.05) is 12.1 Å². The summed E-state index contributed by atoms with van der Waals surface area (Å²) in [5.74, 6) is -1.27. The minimum atomic E-state index is -0.756. The molecule has 0 aliphatic carbocycles. The molecule has 1 fully saturated rings. The molecule has 0 saturated carbocycles. The highest BCUT2D eigenvalue weighted by atomic mass is 16.5. The van der Waals surface area contributed by atoms with Gasteiger partial charge in [0.05, 0.1) is 57.9 Å². The molecule has 1 heterocycles. The Kier molecular flexibility index (Phi) is 19.2. The summed E-state index contributed by atoms with van der Waals surface area (Å²) in [6, 6.07) is 4.95.